The minimum absolute atomic E-state index is 0.00931. The first-order chi connectivity index (χ1) is 11.1. The molecule has 0 saturated heterocycles. The van der Waals surface area contributed by atoms with Gasteiger partial charge in [0.2, 0.25) is 5.91 Å². The number of Topliss-reactive ketones (excluding diaryl/α,β-unsaturated/α-hetero) is 1. The number of hydrogen-bond acceptors (Lipinski definition) is 3. The smallest absolute Gasteiger partial charge is 0.224 e. The van der Waals surface area contributed by atoms with Gasteiger partial charge in [0.05, 0.1) is 6.61 Å². The molecule has 4 heteroatoms. The van der Waals surface area contributed by atoms with Crippen molar-refractivity contribution in [2.45, 2.75) is 26.7 Å². The number of ether oxygens (including phenoxy) is 1. The molecule has 0 spiro atoms. The van der Waals surface area contributed by atoms with Crippen molar-refractivity contribution in [2.24, 2.45) is 0 Å². The van der Waals surface area contributed by atoms with Crippen molar-refractivity contribution in [1.82, 2.24) is 0 Å². The van der Waals surface area contributed by atoms with E-state index in [1.165, 1.54) is 0 Å². The summed E-state index contributed by atoms with van der Waals surface area (Å²) in [7, 11) is 0. The van der Waals surface area contributed by atoms with Gasteiger partial charge < -0.3 is 10.1 Å². The number of amides is 1. The number of rotatable bonds is 7. The molecule has 0 aliphatic rings. The summed E-state index contributed by atoms with van der Waals surface area (Å²) in [5.41, 5.74) is 2.31. The third-order valence-corrected chi connectivity index (χ3v) is 3.47. The van der Waals surface area contributed by atoms with E-state index in [0.717, 1.165) is 11.3 Å². The Balaban J connectivity index is 1.85. The van der Waals surface area contributed by atoms with Crippen LogP contribution in [-0.2, 0) is 4.79 Å². The summed E-state index contributed by atoms with van der Waals surface area (Å²) in [6, 6.07) is 14.6. The van der Waals surface area contributed by atoms with Crippen LogP contribution in [0.2, 0.25) is 0 Å². The first kappa shape index (κ1) is 16.7. The molecule has 0 aliphatic carbocycles. The van der Waals surface area contributed by atoms with E-state index >= 15 is 0 Å². The number of nitrogens with one attached hydrogen (secondary N) is 1. The third kappa shape index (κ3) is 4.95. The van der Waals surface area contributed by atoms with Crippen molar-refractivity contribution < 1.29 is 14.3 Å². The number of hydrogen-bond donors (Lipinski definition) is 1. The van der Waals surface area contributed by atoms with Crippen LogP contribution in [0.1, 0.15) is 35.7 Å². The van der Waals surface area contributed by atoms with Crippen LogP contribution in [0.25, 0.3) is 0 Å². The summed E-state index contributed by atoms with van der Waals surface area (Å²) in [5.74, 6) is 0.585. The molecule has 0 radical (unpaired) electrons. The number of ketones is 1. The van der Waals surface area contributed by atoms with Crippen LogP contribution in [0, 0.1) is 6.92 Å². The largest absolute Gasteiger partial charge is 0.494 e. The molecule has 1 N–H and O–H groups in total. The number of carbonyl (C=O) groups is 2. The average Bonchev–Trinajstić information content (AvgIpc) is 2.55. The van der Waals surface area contributed by atoms with Crippen LogP contribution < -0.4 is 10.1 Å². The number of anilines is 1. The van der Waals surface area contributed by atoms with Crippen molar-refractivity contribution in [3.8, 4) is 5.75 Å². The zero-order chi connectivity index (χ0) is 16.7. The normalized spacial score (nSPS) is 10.2. The summed E-state index contributed by atoms with van der Waals surface area (Å²) >= 11 is 0. The van der Waals surface area contributed by atoms with Gasteiger partial charge in [-0.25, -0.2) is 0 Å². The van der Waals surface area contributed by atoms with Crippen molar-refractivity contribution in [1.29, 1.82) is 0 Å². The Morgan fingerprint density at radius 2 is 1.70 bits per heavy atom. The van der Waals surface area contributed by atoms with E-state index in [0.29, 0.717) is 17.9 Å². The fraction of sp³-hybridized carbons (Fsp3) is 0.263. The lowest BCUT2D eigenvalue weighted by atomic mass is 10.0. The highest BCUT2D eigenvalue weighted by atomic mass is 16.5. The van der Waals surface area contributed by atoms with Gasteiger partial charge in [-0.1, -0.05) is 24.3 Å². The maximum atomic E-state index is 12.1. The SMILES string of the molecule is CCOc1ccc(NC(=O)CCC(=O)c2ccccc2C)cc1. The molecule has 0 unspecified atom stereocenters. The molecule has 2 aromatic rings. The topological polar surface area (TPSA) is 55.4 Å². The van der Waals surface area contributed by atoms with Crippen molar-refractivity contribution in [3.63, 3.8) is 0 Å². The molecule has 0 aromatic heterocycles. The highest BCUT2D eigenvalue weighted by Gasteiger charge is 2.11. The lowest BCUT2D eigenvalue weighted by molar-refractivity contribution is -0.116. The van der Waals surface area contributed by atoms with E-state index < -0.39 is 0 Å². The van der Waals surface area contributed by atoms with Crippen LogP contribution in [0.15, 0.2) is 48.5 Å². The minimum Gasteiger partial charge on any atom is -0.494 e. The van der Waals surface area contributed by atoms with Crippen molar-refractivity contribution in [3.05, 3.63) is 59.7 Å². The second-order valence-corrected chi connectivity index (χ2v) is 5.24. The Bertz CT molecular complexity index is 677. The highest BCUT2D eigenvalue weighted by Crippen LogP contribution is 2.16. The van der Waals surface area contributed by atoms with E-state index in [1.54, 1.807) is 30.3 Å². The van der Waals surface area contributed by atoms with E-state index in [9.17, 15) is 9.59 Å². The maximum absolute atomic E-state index is 12.1. The fourth-order valence-corrected chi connectivity index (χ4v) is 2.27. The standard InChI is InChI=1S/C19H21NO3/c1-3-23-16-10-8-15(9-11-16)20-19(22)13-12-18(21)17-7-5-4-6-14(17)2/h4-11H,3,12-13H2,1-2H3,(H,20,22). The van der Waals surface area contributed by atoms with Crippen LogP contribution in [0.4, 0.5) is 5.69 Å². The molecule has 2 aromatic carbocycles. The molecule has 0 fully saturated rings. The summed E-state index contributed by atoms with van der Waals surface area (Å²) in [4.78, 5) is 24.1. The number of carbonyl (C=O) groups excluding carboxylic acids is 2. The van der Waals surface area contributed by atoms with Gasteiger partial charge in [0.1, 0.15) is 5.75 Å². The molecule has 1 amide bonds. The van der Waals surface area contributed by atoms with Crippen LogP contribution in [0.3, 0.4) is 0 Å². The molecule has 0 saturated carbocycles. The summed E-state index contributed by atoms with van der Waals surface area (Å²) in [6.07, 6.45) is 0.369. The van der Waals surface area contributed by atoms with Crippen molar-refractivity contribution >= 4 is 17.4 Å². The van der Waals surface area contributed by atoms with Gasteiger partial charge in [-0.3, -0.25) is 9.59 Å². The first-order valence-electron chi connectivity index (χ1n) is 7.71. The maximum Gasteiger partial charge on any atom is 0.224 e. The minimum atomic E-state index is -0.170. The summed E-state index contributed by atoms with van der Waals surface area (Å²) in [5, 5.41) is 2.79. The lowest BCUT2D eigenvalue weighted by Gasteiger charge is -2.07. The molecular formula is C19H21NO3. The zero-order valence-corrected chi connectivity index (χ0v) is 13.5. The first-order valence-corrected chi connectivity index (χ1v) is 7.71. The highest BCUT2D eigenvalue weighted by molar-refractivity contribution is 6.00. The van der Waals surface area contributed by atoms with E-state index in [4.69, 9.17) is 4.74 Å². The van der Waals surface area contributed by atoms with Crippen LogP contribution >= 0.6 is 0 Å². The Morgan fingerprint density at radius 1 is 1.00 bits per heavy atom. The predicted molar refractivity (Wildman–Crippen MR) is 91.0 cm³/mol. The summed E-state index contributed by atoms with van der Waals surface area (Å²) in [6.45, 7) is 4.42. The molecule has 23 heavy (non-hydrogen) atoms. The monoisotopic (exact) mass is 311 g/mol. The average molecular weight is 311 g/mol. The lowest BCUT2D eigenvalue weighted by Crippen LogP contribution is -2.13. The van der Waals surface area contributed by atoms with Gasteiger partial charge in [0.25, 0.3) is 0 Å². The van der Waals surface area contributed by atoms with E-state index in [2.05, 4.69) is 5.32 Å². The van der Waals surface area contributed by atoms with E-state index in [1.807, 2.05) is 32.0 Å². The second kappa shape index (κ2) is 8.13. The second-order valence-electron chi connectivity index (χ2n) is 5.24. The molecular weight excluding hydrogens is 290 g/mol. The van der Waals surface area contributed by atoms with Crippen molar-refractivity contribution in [2.75, 3.05) is 11.9 Å². The Labute approximate surface area is 136 Å². The van der Waals surface area contributed by atoms with Gasteiger partial charge >= 0.3 is 0 Å². The van der Waals surface area contributed by atoms with E-state index in [-0.39, 0.29) is 24.5 Å². The molecule has 0 heterocycles. The molecule has 120 valence electrons. The molecule has 4 nitrogen and oxygen atoms in total. The van der Waals surface area contributed by atoms with Gasteiger partial charge in [0, 0.05) is 24.1 Å². The fourth-order valence-electron chi connectivity index (χ4n) is 2.27. The van der Waals surface area contributed by atoms with Gasteiger partial charge in [-0.2, -0.15) is 0 Å². The molecule has 0 atom stereocenters. The van der Waals surface area contributed by atoms with Gasteiger partial charge in [-0.15, -0.1) is 0 Å². The Morgan fingerprint density at radius 3 is 2.35 bits per heavy atom. The number of aryl methyl sites for hydroxylation is 1. The molecule has 0 aliphatic heterocycles. The van der Waals surface area contributed by atoms with Gasteiger partial charge in [-0.05, 0) is 43.7 Å². The quantitative estimate of drug-likeness (QED) is 0.786. The van der Waals surface area contributed by atoms with Crippen LogP contribution in [-0.4, -0.2) is 18.3 Å². The Kier molecular flexibility index (Phi) is 5.92. The summed E-state index contributed by atoms with van der Waals surface area (Å²) < 4.78 is 5.35. The third-order valence-electron chi connectivity index (χ3n) is 3.47. The molecule has 0 bridgehead atoms. The van der Waals surface area contributed by atoms with Gasteiger partial charge in [0.15, 0.2) is 5.78 Å². The Hall–Kier alpha value is -2.62. The number of benzene rings is 2. The van der Waals surface area contributed by atoms with Crippen LogP contribution in [0.5, 0.6) is 5.75 Å². The molecule has 2 rings (SSSR count). The zero-order valence-electron chi connectivity index (χ0n) is 13.5. The predicted octanol–water partition coefficient (Wildman–Crippen LogP) is 4.00.